The van der Waals surface area contributed by atoms with E-state index in [1.165, 1.54) is 5.56 Å². The standard InChI is InChI=1S/C24H22N6O/c1-16-14-30(15-26-16)21-9-8-18(13-22(21)31-2)27-24-23-19(10-11-25-24)28-29-20(23)12-17-6-4-3-5-7-17/h3-11,13-15H,12H2,1-2H3,(H,25,27)(H,28,29). The van der Waals surface area contributed by atoms with Crippen LogP contribution in [0.2, 0.25) is 0 Å². The number of imidazole rings is 1. The molecule has 0 amide bonds. The SMILES string of the molecule is COc1cc(Nc2nccc3n[nH]c(Cc4ccccc4)c23)ccc1-n1cnc(C)c1. The Morgan fingerprint density at radius 3 is 2.71 bits per heavy atom. The van der Waals surface area contributed by atoms with Gasteiger partial charge in [-0.1, -0.05) is 30.3 Å². The highest BCUT2D eigenvalue weighted by atomic mass is 16.5. The van der Waals surface area contributed by atoms with E-state index in [0.717, 1.165) is 51.7 Å². The molecule has 0 aliphatic rings. The van der Waals surface area contributed by atoms with E-state index in [4.69, 9.17) is 4.74 Å². The Morgan fingerprint density at radius 1 is 1.06 bits per heavy atom. The van der Waals surface area contributed by atoms with Crippen molar-refractivity contribution >= 4 is 22.4 Å². The number of anilines is 2. The zero-order chi connectivity index (χ0) is 21.2. The van der Waals surface area contributed by atoms with Gasteiger partial charge in [-0.25, -0.2) is 9.97 Å². The maximum atomic E-state index is 5.64. The number of ether oxygens (including phenoxy) is 1. The zero-order valence-corrected chi connectivity index (χ0v) is 17.3. The molecule has 5 rings (SSSR count). The summed E-state index contributed by atoms with van der Waals surface area (Å²) in [6.45, 7) is 1.96. The van der Waals surface area contributed by atoms with E-state index in [1.807, 2.05) is 60.2 Å². The number of rotatable bonds is 6. The van der Waals surface area contributed by atoms with Gasteiger partial charge in [0.15, 0.2) is 0 Å². The number of methoxy groups -OCH3 is 1. The Morgan fingerprint density at radius 2 is 1.94 bits per heavy atom. The van der Waals surface area contributed by atoms with Crippen molar-refractivity contribution in [1.82, 2.24) is 24.7 Å². The van der Waals surface area contributed by atoms with Crippen LogP contribution in [0, 0.1) is 6.92 Å². The molecule has 3 aromatic heterocycles. The molecule has 0 radical (unpaired) electrons. The molecule has 3 heterocycles. The summed E-state index contributed by atoms with van der Waals surface area (Å²) in [6.07, 6.45) is 6.26. The lowest BCUT2D eigenvalue weighted by atomic mass is 10.1. The van der Waals surface area contributed by atoms with Crippen molar-refractivity contribution in [3.05, 3.63) is 90.3 Å². The number of aromatic amines is 1. The highest BCUT2D eigenvalue weighted by Crippen LogP contribution is 2.31. The molecule has 7 nitrogen and oxygen atoms in total. The highest BCUT2D eigenvalue weighted by molar-refractivity contribution is 5.93. The van der Waals surface area contributed by atoms with Crippen LogP contribution in [-0.2, 0) is 6.42 Å². The summed E-state index contributed by atoms with van der Waals surface area (Å²) >= 11 is 0. The summed E-state index contributed by atoms with van der Waals surface area (Å²) in [5.74, 6) is 1.50. The summed E-state index contributed by atoms with van der Waals surface area (Å²) in [6, 6.07) is 18.2. The summed E-state index contributed by atoms with van der Waals surface area (Å²) < 4.78 is 7.58. The fourth-order valence-corrected chi connectivity index (χ4v) is 3.71. The lowest BCUT2D eigenvalue weighted by Gasteiger charge is -2.13. The largest absolute Gasteiger partial charge is 0.494 e. The third kappa shape index (κ3) is 3.73. The fraction of sp³-hybridized carbons (Fsp3) is 0.125. The number of aromatic nitrogens is 5. The predicted molar refractivity (Wildman–Crippen MR) is 121 cm³/mol. The molecule has 31 heavy (non-hydrogen) atoms. The molecule has 154 valence electrons. The first-order chi connectivity index (χ1) is 15.2. The number of hydrogen-bond acceptors (Lipinski definition) is 5. The molecule has 0 aliphatic heterocycles. The minimum atomic E-state index is 0.742. The average Bonchev–Trinajstić information content (AvgIpc) is 3.41. The van der Waals surface area contributed by atoms with Gasteiger partial charge in [-0.15, -0.1) is 0 Å². The maximum absolute atomic E-state index is 5.64. The topological polar surface area (TPSA) is 80.6 Å². The second kappa shape index (κ2) is 7.95. The lowest BCUT2D eigenvalue weighted by Crippen LogP contribution is -1.99. The van der Waals surface area contributed by atoms with Crippen molar-refractivity contribution in [2.45, 2.75) is 13.3 Å². The van der Waals surface area contributed by atoms with Gasteiger partial charge < -0.3 is 14.6 Å². The number of nitrogens with zero attached hydrogens (tertiary/aromatic N) is 4. The number of aryl methyl sites for hydroxylation is 1. The lowest BCUT2D eigenvalue weighted by molar-refractivity contribution is 0.413. The molecule has 0 saturated heterocycles. The van der Waals surface area contributed by atoms with Gasteiger partial charge in [0.2, 0.25) is 0 Å². The van der Waals surface area contributed by atoms with Gasteiger partial charge in [-0.2, -0.15) is 5.10 Å². The first-order valence-corrected chi connectivity index (χ1v) is 10.0. The molecular weight excluding hydrogens is 388 g/mol. The van der Waals surface area contributed by atoms with Crippen molar-refractivity contribution < 1.29 is 4.74 Å². The average molecular weight is 410 g/mol. The van der Waals surface area contributed by atoms with Crippen LogP contribution in [-0.4, -0.2) is 31.8 Å². The number of H-pyrrole nitrogens is 1. The quantitative estimate of drug-likeness (QED) is 0.420. The molecule has 0 atom stereocenters. The molecule has 7 heteroatoms. The van der Waals surface area contributed by atoms with E-state index in [1.54, 1.807) is 19.6 Å². The number of hydrogen-bond donors (Lipinski definition) is 2. The second-order valence-electron chi connectivity index (χ2n) is 7.35. The van der Waals surface area contributed by atoms with Gasteiger partial charge in [-0.05, 0) is 30.7 Å². The number of nitrogens with one attached hydrogen (secondary N) is 2. The first-order valence-electron chi connectivity index (χ1n) is 10.0. The molecule has 0 saturated carbocycles. The van der Waals surface area contributed by atoms with E-state index in [2.05, 4.69) is 37.6 Å². The Labute approximate surface area is 179 Å². The van der Waals surface area contributed by atoms with Gasteiger partial charge in [0.25, 0.3) is 0 Å². The molecule has 0 unspecified atom stereocenters. The molecule has 0 aliphatic carbocycles. The number of pyridine rings is 1. The van der Waals surface area contributed by atoms with E-state index >= 15 is 0 Å². The Hall–Kier alpha value is -4.13. The Kier molecular flexibility index (Phi) is 4.84. The molecule has 0 spiro atoms. The summed E-state index contributed by atoms with van der Waals surface area (Å²) in [5.41, 5.74) is 5.86. The van der Waals surface area contributed by atoms with Crippen molar-refractivity contribution in [2.75, 3.05) is 12.4 Å². The van der Waals surface area contributed by atoms with Crippen LogP contribution >= 0.6 is 0 Å². The van der Waals surface area contributed by atoms with Crippen molar-refractivity contribution in [1.29, 1.82) is 0 Å². The molecule has 0 bridgehead atoms. The van der Waals surface area contributed by atoms with Gasteiger partial charge >= 0.3 is 0 Å². The minimum Gasteiger partial charge on any atom is -0.494 e. The van der Waals surface area contributed by atoms with Crippen molar-refractivity contribution in [3.63, 3.8) is 0 Å². The summed E-state index contributed by atoms with van der Waals surface area (Å²) in [7, 11) is 1.67. The third-order valence-corrected chi connectivity index (χ3v) is 5.20. The zero-order valence-electron chi connectivity index (χ0n) is 17.3. The number of benzene rings is 2. The maximum Gasteiger partial charge on any atom is 0.144 e. The Balaban J connectivity index is 1.50. The summed E-state index contributed by atoms with van der Waals surface area (Å²) in [5, 5.41) is 12.1. The van der Waals surface area contributed by atoms with Crippen molar-refractivity contribution in [3.8, 4) is 11.4 Å². The van der Waals surface area contributed by atoms with Crippen LogP contribution in [0.4, 0.5) is 11.5 Å². The predicted octanol–water partition coefficient (Wildman–Crippen LogP) is 4.80. The normalized spacial score (nSPS) is 11.0. The molecule has 2 aromatic carbocycles. The van der Waals surface area contributed by atoms with E-state index < -0.39 is 0 Å². The van der Waals surface area contributed by atoms with Crippen LogP contribution in [0.15, 0.2) is 73.3 Å². The third-order valence-electron chi connectivity index (χ3n) is 5.20. The second-order valence-corrected chi connectivity index (χ2v) is 7.35. The van der Waals surface area contributed by atoms with Crippen LogP contribution in [0.3, 0.4) is 0 Å². The monoisotopic (exact) mass is 410 g/mol. The van der Waals surface area contributed by atoms with E-state index in [9.17, 15) is 0 Å². The van der Waals surface area contributed by atoms with Gasteiger partial charge in [0, 0.05) is 30.6 Å². The van der Waals surface area contributed by atoms with Crippen LogP contribution in [0.25, 0.3) is 16.6 Å². The van der Waals surface area contributed by atoms with E-state index in [0.29, 0.717) is 0 Å². The smallest absolute Gasteiger partial charge is 0.144 e. The van der Waals surface area contributed by atoms with Gasteiger partial charge in [0.05, 0.1) is 41.4 Å². The molecule has 5 aromatic rings. The molecular formula is C24H22N6O. The molecule has 2 N–H and O–H groups in total. The number of fused-ring (bicyclic) bond motifs is 1. The van der Waals surface area contributed by atoms with Crippen LogP contribution < -0.4 is 10.1 Å². The van der Waals surface area contributed by atoms with Crippen LogP contribution in [0.5, 0.6) is 5.75 Å². The highest BCUT2D eigenvalue weighted by Gasteiger charge is 2.14. The van der Waals surface area contributed by atoms with Gasteiger partial charge in [-0.3, -0.25) is 5.10 Å². The van der Waals surface area contributed by atoms with Crippen molar-refractivity contribution in [2.24, 2.45) is 0 Å². The summed E-state index contributed by atoms with van der Waals surface area (Å²) in [4.78, 5) is 8.89. The van der Waals surface area contributed by atoms with E-state index in [-0.39, 0.29) is 0 Å². The van der Waals surface area contributed by atoms with Crippen LogP contribution in [0.1, 0.15) is 17.0 Å². The minimum absolute atomic E-state index is 0.742. The fourth-order valence-electron chi connectivity index (χ4n) is 3.71. The first kappa shape index (κ1) is 18.9. The molecule has 0 fully saturated rings. The Bertz CT molecular complexity index is 1340. The van der Waals surface area contributed by atoms with Gasteiger partial charge in [0.1, 0.15) is 11.6 Å².